The number of aliphatic hydroxyl groups excluding tert-OH is 1. The van der Waals surface area contributed by atoms with Crippen molar-refractivity contribution in [1.82, 2.24) is 0 Å². The molecule has 1 aliphatic rings. The summed E-state index contributed by atoms with van der Waals surface area (Å²) in [7, 11) is 2.93. The molecule has 1 fully saturated rings. The predicted molar refractivity (Wildman–Crippen MR) is 129 cm³/mol. The number of aromatic hydroxyl groups is 1. The third-order valence-electron chi connectivity index (χ3n) is 5.49. The molecule has 3 aromatic rings. The number of ketones is 1. The lowest BCUT2D eigenvalue weighted by atomic mass is 9.95. The molecule has 1 atom stereocenters. The first-order valence-corrected chi connectivity index (χ1v) is 10.8. The second-order valence-electron chi connectivity index (χ2n) is 7.43. The van der Waals surface area contributed by atoms with E-state index in [0.717, 1.165) is 0 Å². The highest BCUT2D eigenvalue weighted by Gasteiger charge is 2.47. The third kappa shape index (κ3) is 4.04. The minimum absolute atomic E-state index is 0.0214. The Kier molecular flexibility index (Phi) is 6.41. The van der Waals surface area contributed by atoms with E-state index < -0.39 is 23.5 Å². The highest BCUT2D eigenvalue weighted by molar-refractivity contribution is 6.52. The summed E-state index contributed by atoms with van der Waals surface area (Å²) >= 11 is 12.5. The zero-order chi connectivity index (χ0) is 24.6. The largest absolute Gasteiger partial charge is 0.507 e. The summed E-state index contributed by atoms with van der Waals surface area (Å²) in [6.45, 7) is 0. The molecule has 0 aliphatic carbocycles. The van der Waals surface area contributed by atoms with Crippen LogP contribution in [0.5, 0.6) is 17.2 Å². The molecule has 9 heteroatoms. The van der Waals surface area contributed by atoms with Gasteiger partial charge in [0.05, 0.1) is 35.9 Å². The number of hydrogen-bond acceptors (Lipinski definition) is 6. The highest BCUT2D eigenvalue weighted by atomic mass is 35.5. The monoisotopic (exact) mass is 499 g/mol. The molecule has 1 unspecified atom stereocenters. The summed E-state index contributed by atoms with van der Waals surface area (Å²) in [5.41, 5.74) is 0.695. The van der Waals surface area contributed by atoms with E-state index in [-0.39, 0.29) is 26.9 Å². The van der Waals surface area contributed by atoms with Gasteiger partial charge in [0, 0.05) is 17.3 Å². The van der Waals surface area contributed by atoms with Crippen LogP contribution in [0.15, 0.2) is 66.2 Å². The number of carbonyl (C=O) groups excluding carboxylic acids is 2. The molecule has 7 nitrogen and oxygen atoms in total. The Morgan fingerprint density at radius 1 is 0.912 bits per heavy atom. The van der Waals surface area contributed by atoms with Gasteiger partial charge in [-0.25, -0.2) is 0 Å². The molecular weight excluding hydrogens is 481 g/mol. The molecule has 1 saturated heterocycles. The standard InChI is InChI=1S/C25H19Cl2NO6/c1-33-15-5-3-4-14(11-15)28-22(13-6-9-20(29)19(27)10-13)21(24(31)25(28)32)23(30)17-12-16(34-2)7-8-18(17)26/h3-12,22,29-30H,1-2H3/b23-21+. The maximum absolute atomic E-state index is 13.3. The molecule has 0 aromatic heterocycles. The van der Waals surface area contributed by atoms with E-state index in [1.165, 1.54) is 49.5 Å². The number of phenols is 1. The zero-order valence-electron chi connectivity index (χ0n) is 18.1. The molecule has 1 heterocycles. The van der Waals surface area contributed by atoms with E-state index in [9.17, 15) is 19.8 Å². The number of methoxy groups -OCH3 is 2. The van der Waals surface area contributed by atoms with Gasteiger partial charge in [-0.15, -0.1) is 0 Å². The van der Waals surface area contributed by atoms with Crippen molar-refractivity contribution in [2.75, 3.05) is 19.1 Å². The van der Waals surface area contributed by atoms with Gasteiger partial charge in [-0.2, -0.15) is 0 Å². The quantitative estimate of drug-likeness (QED) is 0.279. The van der Waals surface area contributed by atoms with Crippen molar-refractivity contribution >= 4 is 46.3 Å². The third-order valence-corrected chi connectivity index (χ3v) is 6.12. The van der Waals surface area contributed by atoms with Crippen molar-refractivity contribution in [3.63, 3.8) is 0 Å². The minimum Gasteiger partial charge on any atom is -0.507 e. The van der Waals surface area contributed by atoms with Gasteiger partial charge in [0.2, 0.25) is 0 Å². The lowest BCUT2D eigenvalue weighted by Gasteiger charge is -2.26. The number of rotatable bonds is 5. The number of phenolic OH excluding ortho intramolecular Hbond substituents is 1. The van der Waals surface area contributed by atoms with Gasteiger partial charge in [0.25, 0.3) is 11.7 Å². The first kappa shape index (κ1) is 23.5. The fraction of sp³-hybridized carbons (Fsp3) is 0.120. The number of hydrogen-bond donors (Lipinski definition) is 2. The van der Waals surface area contributed by atoms with Gasteiger partial charge in [-0.3, -0.25) is 14.5 Å². The topological polar surface area (TPSA) is 96.3 Å². The predicted octanol–water partition coefficient (Wildman–Crippen LogP) is 5.34. The normalized spacial score (nSPS) is 17.2. The van der Waals surface area contributed by atoms with E-state index in [2.05, 4.69) is 0 Å². The summed E-state index contributed by atoms with van der Waals surface area (Å²) in [4.78, 5) is 27.8. The van der Waals surface area contributed by atoms with Crippen LogP contribution in [0.1, 0.15) is 17.2 Å². The molecular formula is C25H19Cl2NO6. The summed E-state index contributed by atoms with van der Waals surface area (Å²) in [6, 6.07) is 14.4. The molecule has 34 heavy (non-hydrogen) atoms. The molecule has 0 saturated carbocycles. The lowest BCUT2D eigenvalue weighted by Crippen LogP contribution is -2.29. The summed E-state index contributed by atoms with van der Waals surface area (Å²) < 4.78 is 10.5. The molecule has 174 valence electrons. The second-order valence-corrected chi connectivity index (χ2v) is 8.24. The zero-order valence-corrected chi connectivity index (χ0v) is 19.6. The molecule has 0 radical (unpaired) electrons. The molecule has 2 N–H and O–H groups in total. The van der Waals surface area contributed by atoms with E-state index in [4.69, 9.17) is 32.7 Å². The Bertz CT molecular complexity index is 1340. The van der Waals surface area contributed by atoms with Crippen LogP contribution < -0.4 is 14.4 Å². The molecule has 1 amide bonds. The number of ether oxygens (including phenoxy) is 2. The number of aliphatic hydroxyl groups is 1. The Morgan fingerprint density at radius 2 is 1.62 bits per heavy atom. The fourth-order valence-electron chi connectivity index (χ4n) is 3.83. The van der Waals surface area contributed by atoms with Crippen LogP contribution in [0.2, 0.25) is 10.0 Å². The number of anilines is 1. The average molecular weight is 500 g/mol. The molecule has 0 bridgehead atoms. The molecule has 1 aliphatic heterocycles. The maximum atomic E-state index is 13.3. The number of Topliss-reactive ketones (excluding diaryl/α,β-unsaturated/α-hetero) is 1. The smallest absolute Gasteiger partial charge is 0.300 e. The van der Waals surface area contributed by atoms with Crippen molar-refractivity contribution in [3.8, 4) is 17.2 Å². The van der Waals surface area contributed by atoms with Crippen LogP contribution in [-0.2, 0) is 9.59 Å². The fourth-order valence-corrected chi connectivity index (χ4v) is 4.22. The van der Waals surface area contributed by atoms with Crippen molar-refractivity contribution in [2.45, 2.75) is 6.04 Å². The van der Waals surface area contributed by atoms with Crippen LogP contribution in [0.4, 0.5) is 5.69 Å². The van der Waals surface area contributed by atoms with Crippen LogP contribution in [0, 0.1) is 0 Å². The summed E-state index contributed by atoms with van der Waals surface area (Å²) in [6.07, 6.45) is 0. The first-order chi connectivity index (χ1) is 16.3. The van der Waals surface area contributed by atoms with Gasteiger partial charge in [0.15, 0.2) is 0 Å². The molecule has 4 rings (SSSR count). The van der Waals surface area contributed by atoms with Crippen molar-refractivity contribution < 1.29 is 29.3 Å². The van der Waals surface area contributed by atoms with Crippen molar-refractivity contribution in [1.29, 1.82) is 0 Å². The van der Waals surface area contributed by atoms with Gasteiger partial charge in [0.1, 0.15) is 23.0 Å². The summed E-state index contributed by atoms with van der Waals surface area (Å²) in [5.74, 6) is -1.53. The average Bonchev–Trinajstić information content (AvgIpc) is 3.11. The Hall–Kier alpha value is -3.68. The maximum Gasteiger partial charge on any atom is 0.300 e. The van der Waals surface area contributed by atoms with Crippen LogP contribution >= 0.6 is 23.2 Å². The number of amides is 1. The Labute approximate surface area is 205 Å². The van der Waals surface area contributed by atoms with E-state index in [1.807, 2.05) is 0 Å². The molecule has 3 aromatic carbocycles. The van der Waals surface area contributed by atoms with Crippen LogP contribution in [0.3, 0.4) is 0 Å². The molecule has 0 spiro atoms. The van der Waals surface area contributed by atoms with Gasteiger partial charge in [-0.1, -0.05) is 35.3 Å². The lowest BCUT2D eigenvalue weighted by molar-refractivity contribution is -0.132. The Balaban J connectivity index is 1.99. The van der Waals surface area contributed by atoms with Gasteiger partial charge < -0.3 is 19.7 Å². The summed E-state index contributed by atoms with van der Waals surface area (Å²) in [5, 5.41) is 21.3. The number of nitrogens with zero attached hydrogens (tertiary/aromatic N) is 1. The Morgan fingerprint density at radius 3 is 2.29 bits per heavy atom. The minimum atomic E-state index is -1.06. The van der Waals surface area contributed by atoms with Crippen molar-refractivity contribution in [2.24, 2.45) is 0 Å². The second kappa shape index (κ2) is 9.29. The van der Waals surface area contributed by atoms with E-state index in [1.54, 1.807) is 30.3 Å². The highest BCUT2D eigenvalue weighted by Crippen LogP contribution is 2.45. The van der Waals surface area contributed by atoms with E-state index in [0.29, 0.717) is 22.7 Å². The number of benzene rings is 3. The number of carbonyl (C=O) groups is 2. The van der Waals surface area contributed by atoms with Crippen LogP contribution in [-0.4, -0.2) is 36.1 Å². The van der Waals surface area contributed by atoms with E-state index >= 15 is 0 Å². The van der Waals surface area contributed by atoms with Crippen LogP contribution in [0.25, 0.3) is 5.76 Å². The first-order valence-electron chi connectivity index (χ1n) is 10.0. The van der Waals surface area contributed by atoms with Gasteiger partial charge in [-0.05, 0) is 48.0 Å². The number of halogens is 2. The SMILES string of the molecule is COc1cccc(N2C(=O)C(=O)/C(=C(/O)c3cc(OC)ccc3Cl)C2c2ccc(O)c(Cl)c2)c1. The van der Waals surface area contributed by atoms with Crippen molar-refractivity contribution in [3.05, 3.63) is 87.4 Å². The van der Waals surface area contributed by atoms with Gasteiger partial charge >= 0.3 is 0 Å².